The predicted molar refractivity (Wildman–Crippen MR) is 44.2 cm³/mol. The second kappa shape index (κ2) is 3.68. The van der Waals surface area contributed by atoms with E-state index < -0.39 is 11.8 Å². The van der Waals surface area contributed by atoms with Gasteiger partial charge in [0.15, 0.2) is 5.82 Å². The molecule has 2 amide bonds. The number of nitrogens with two attached hydrogens (primary N) is 1. The lowest BCUT2D eigenvalue weighted by Gasteiger charge is -1.98. The number of hydrogen-bond acceptors (Lipinski definition) is 4. The molecule has 0 atom stereocenters. The zero-order valence-corrected chi connectivity index (χ0v) is 6.94. The summed E-state index contributed by atoms with van der Waals surface area (Å²) in [5.74, 6) is 3.29. The van der Waals surface area contributed by atoms with E-state index in [0.717, 1.165) is 0 Å². The lowest BCUT2D eigenvalue weighted by atomic mass is 10.5. The van der Waals surface area contributed by atoms with Crippen molar-refractivity contribution in [2.24, 2.45) is 12.9 Å². The van der Waals surface area contributed by atoms with Gasteiger partial charge in [0.25, 0.3) is 0 Å². The molecular formula is C6H9N5O2. The van der Waals surface area contributed by atoms with Crippen LogP contribution in [0, 0.1) is 0 Å². The fraction of sp³-hybridized carbons (Fsp3) is 0.167. The highest BCUT2D eigenvalue weighted by Crippen LogP contribution is 1.99. The van der Waals surface area contributed by atoms with Gasteiger partial charge in [-0.1, -0.05) is 0 Å². The van der Waals surface area contributed by atoms with Crippen LogP contribution in [-0.4, -0.2) is 21.6 Å². The average Bonchev–Trinajstić information content (AvgIpc) is 2.49. The van der Waals surface area contributed by atoms with E-state index in [1.165, 1.54) is 4.68 Å². The van der Waals surface area contributed by atoms with Crippen molar-refractivity contribution in [3.63, 3.8) is 0 Å². The molecule has 0 saturated carbocycles. The zero-order chi connectivity index (χ0) is 9.84. The number of carbonyl (C=O) groups excluding carboxylic acids is 2. The molecule has 1 heterocycles. The van der Waals surface area contributed by atoms with Crippen LogP contribution in [0.5, 0.6) is 0 Å². The van der Waals surface area contributed by atoms with Crippen molar-refractivity contribution in [1.82, 2.24) is 15.2 Å². The molecule has 1 rings (SSSR count). The first kappa shape index (κ1) is 9.20. The summed E-state index contributed by atoms with van der Waals surface area (Å²) < 4.78 is 1.50. The van der Waals surface area contributed by atoms with Crippen LogP contribution in [0.2, 0.25) is 0 Å². The van der Waals surface area contributed by atoms with Crippen LogP contribution in [0.25, 0.3) is 0 Å². The first-order valence-corrected chi connectivity index (χ1v) is 3.45. The number of rotatable bonds is 1. The molecule has 0 radical (unpaired) electrons. The fourth-order valence-electron chi connectivity index (χ4n) is 0.720. The summed E-state index contributed by atoms with van der Waals surface area (Å²) >= 11 is 0. The Bertz CT molecular complexity index is 332. The smallest absolute Gasteiger partial charge is 0.301 e. The number of carbonyl (C=O) groups is 2. The van der Waals surface area contributed by atoms with Crippen LogP contribution < -0.4 is 16.6 Å². The number of aryl methyl sites for hydroxylation is 1. The Labute approximate surface area is 73.9 Å². The molecule has 7 heteroatoms. The van der Waals surface area contributed by atoms with E-state index in [0.29, 0.717) is 5.82 Å². The largest absolute Gasteiger partial charge is 0.323 e. The third-order valence-electron chi connectivity index (χ3n) is 1.29. The van der Waals surface area contributed by atoms with Gasteiger partial charge in [-0.2, -0.15) is 5.10 Å². The van der Waals surface area contributed by atoms with Crippen LogP contribution in [0.3, 0.4) is 0 Å². The molecule has 0 spiro atoms. The second-order valence-electron chi connectivity index (χ2n) is 2.30. The summed E-state index contributed by atoms with van der Waals surface area (Å²) in [4.78, 5) is 21.5. The van der Waals surface area contributed by atoms with Crippen LogP contribution in [0.4, 0.5) is 5.82 Å². The standard InChI is InChI=1S/C6H9N5O2/c1-11-3-2-4(10-11)8-5(12)6(13)9-7/h2-3H,7H2,1H3,(H,9,13)(H,8,10,12). The molecule has 0 unspecified atom stereocenters. The SMILES string of the molecule is Cn1ccc(NC(=O)C(=O)NN)n1. The molecule has 0 fully saturated rings. The van der Waals surface area contributed by atoms with Gasteiger partial charge in [0.05, 0.1) is 0 Å². The Morgan fingerprint density at radius 2 is 2.23 bits per heavy atom. The van der Waals surface area contributed by atoms with Gasteiger partial charge < -0.3 is 5.32 Å². The molecule has 1 aromatic rings. The Morgan fingerprint density at radius 3 is 2.69 bits per heavy atom. The van der Waals surface area contributed by atoms with Gasteiger partial charge in [-0.15, -0.1) is 0 Å². The summed E-state index contributed by atoms with van der Waals surface area (Å²) in [5, 5.41) is 6.08. The Kier molecular flexibility index (Phi) is 2.60. The third-order valence-corrected chi connectivity index (χ3v) is 1.29. The Hall–Kier alpha value is -1.89. The van der Waals surface area contributed by atoms with Gasteiger partial charge in [-0.25, -0.2) is 5.84 Å². The summed E-state index contributed by atoms with van der Waals surface area (Å²) in [6.45, 7) is 0. The molecule has 0 aliphatic heterocycles. The maximum Gasteiger partial charge on any atom is 0.323 e. The second-order valence-corrected chi connectivity index (χ2v) is 2.30. The fourth-order valence-corrected chi connectivity index (χ4v) is 0.720. The number of aromatic nitrogens is 2. The molecule has 7 nitrogen and oxygen atoms in total. The minimum Gasteiger partial charge on any atom is -0.301 e. The minimum atomic E-state index is -0.911. The quantitative estimate of drug-likeness (QED) is 0.210. The first-order chi connectivity index (χ1) is 6.13. The van der Waals surface area contributed by atoms with Gasteiger partial charge in [0.1, 0.15) is 0 Å². The van der Waals surface area contributed by atoms with Crippen molar-refractivity contribution in [2.75, 3.05) is 5.32 Å². The monoisotopic (exact) mass is 183 g/mol. The minimum absolute atomic E-state index is 0.302. The van der Waals surface area contributed by atoms with Crippen molar-refractivity contribution < 1.29 is 9.59 Å². The lowest BCUT2D eigenvalue weighted by molar-refractivity contribution is -0.136. The van der Waals surface area contributed by atoms with Crippen LogP contribution >= 0.6 is 0 Å². The third kappa shape index (κ3) is 2.27. The van der Waals surface area contributed by atoms with Gasteiger partial charge >= 0.3 is 11.8 Å². The molecule has 13 heavy (non-hydrogen) atoms. The number of amides is 2. The molecule has 0 aromatic carbocycles. The molecule has 0 saturated heterocycles. The summed E-state index contributed by atoms with van der Waals surface area (Å²) in [5.41, 5.74) is 1.71. The number of hydrazine groups is 1. The maximum absolute atomic E-state index is 10.9. The van der Waals surface area contributed by atoms with Crippen LogP contribution in [0.15, 0.2) is 12.3 Å². The predicted octanol–water partition coefficient (Wildman–Crippen LogP) is -1.65. The highest BCUT2D eigenvalue weighted by atomic mass is 16.2. The molecule has 0 aliphatic rings. The molecule has 0 bridgehead atoms. The highest BCUT2D eigenvalue weighted by molar-refractivity contribution is 6.39. The number of nitrogens with zero attached hydrogens (tertiary/aromatic N) is 2. The molecule has 70 valence electrons. The van der Waals surface area contributed by atoms with E-state index in [1.54, 1.807) is 24.7 Å². The summed E-state index contributed by atoms with van der Waals surface area (Å²) in [6, 6.07) is 1.56. The van der Waals surface area contributed by atoms with Crippen molar-refractivity contribution in [3.8, 4) is 0 Å². The number of nitrogens with one attached hydrogen (secondary N) is 2. The van der Waals surface area contributed by atoms with Crippen molar-refractivity contribution in [1.29, 1.82) is 0 Å². The number of hydrogen-bond donors (Lipinski definition) is 3. The highest BCUT2D eigenvalue weighted by Gasteiger charge is 2.12. The van der Waals surface area contributed by atoms with E-state index >= 15 is 0 Å². The Balaban J connectivity index is 2.60. The van der Waals surface area contributed by atoms with Gasteiger partial charge in [0, 0.05) is 19.3 Å². The summed E-state index contributed by atoms with van der Waals surface area (Å²) in [6.07, 6.45) is 1.63. The van der Waals surface area contributed by atoms with E-state index in [-0.39, 0.29) is 0 Å². The first-order valence-electron chi connectivity index (χ1n) is 3.45. The van der Waals surface area contributed by atoms with Gasteiger partial charge in [0.2, 0.25) is 0 Å². The maximum atomic E-state index is 10.9. The van der Waals surface area contributed by atoms with Crippen molar-refractivity contribution in [2.45, 2.75) is 0 Å². The average molecular weight is 183 g/mol. The molecular weight excluding hydrogens is 174 g/mol. The van der Waals surface area contributed by atoms with E-state index in [1.807, 2.05) is 0 Å². The van der Waals surface area contributed by atoms with Gasteiger partial charge in [-0.3, -0.25) is 19.7 Å². The van der Waals surface area contributed by atoms with Gasteiger partial charge in [-0.05, 0) is 0 Å². The van der Waals surface area contributed by atoms with Crippen molar-refractivity contribution >= 4 is 17.6 Å². The topological polar surface area (TPSA) is 102 Å². The van der Waals surface area contributed by atoms with Crippen LogP contribution in [0.1, 0.15) is 0 Å². The zero-order valence-electron chi connectivity index (χ0n) is 6.94. The van der Waals surface area contributed by atoms with E-state index in [2.05, 4.69) is 10.4 Å². The van der Waals surface area contributed by atoms with E-state index in [9.17, 15) is 9.59 Å². The van der Waals surface area contributed by atoms with Crippen molar-refractivity contribution in [3.05, 3.63) is 12.3 Å². The Morgan fingerprint density at radius 1 is 1.54 bits per heavy atom. The van der Waals surface area contributed by atoms with E-state index in [4.69, 9.17) is 5.84 Å². The molecule has 4 N–H and O–H groups in total. The lowest BCUT2D eigenvalue weighted by Crippen LogP contribution is -2.39. The summed E-state index contributed by atoms with van der Waals surface area (Å²) in [7, 11) is 1.69. The normalized spacial score (nSPS) is 9.38. The van der Waals surface area contributed by atoms with Crippen LogP contribution in [-0.2, 0) is 16.6 Å². The molecule has 0 aliphatic carbocycles. The number of anilines is 1. The molecule has 1 aromatic heterocycles.